The SMILES string of the molecule is N#C/C(=C/NCC1CCCO1)C(=O)Nc1ccccc1C(F)(F)F. The fourth-order valence-corrected chi connectivity index (χ4v) is 2.28. The Morgan fingerprint density at radius 3 is 2.79 bits per heavy atom. The molecular formula is C16H16F3N3O2. The lowest BCUT2D eigenvalue weighted by Gasteiger charge is -2.13. The van der Waals surface area contributed by atoms with Crippen molar-refractivity contribution >= 4 is 11.6 Å². The third-order valence-corrected chi connectivity index (χ3v) is 3.46. The summed E-state index contributed by atoms with van der Waals surface area (Å²) in [4.78, 5) is 12.0. The van der Waals surface area contributed by atoms with E-state index in [4.69, 9.17) is 10.00 Å². The summed E-state index contributed by atoms with van der Waals surface area (Å²) in [6.45, 7) is 1.10. The van der Waals surface area contributed by atoms with Crippen LogP contribution < -0.4 is 10.6 Å². The average molecular weight is 339 g/mol. The van der Waals surface area contributed by atoms with E-state index in [9.17, 15) is 18.0 Å². The lowest BCUT2D eigenvalue weighted by molar-refractivity contribution is -0.137. The molecule has 128 valence electrons. The summed E-state index contributed by atoms with van der Waals surface area (Å²) in [5.41, 5.74) is -1.68. The number of carbonyl (C=O) groups excluding carboxylic acids is 1. The maximum Gasteiger partial charge on any atom is 0.418 e. The number of hydrogen-bond donors (Lipinski definition) is 2. The maximum atomic E-state index is 12.9. The van der Waals surface area contributed by atoms with Gasteiger partial charge in [-0.1, -0.05) is 12.1 Å². The highest BCUT2D eigenvalue weighted by Crippen LogP contribution is 2.34. The molecule has 24 heavy (non-hydrogen) atoms. The van der Waals surface area contributed by atoms with Crippen LogP contribution in [0.4, 0.5) is 18.9 Å². The highest BCUT2D eigenvalue weighted by atomic mass is 19.4. The van der Waals surface area contributed by atoms with E-state index in [1.165, 1.54) is 18.3 Å². The Morgan fingerprint density at radius 2 is 2.17 bits per heavy atom. The van der Waals surface area contributed by atoms with Crippen molar-refractivity contribution in [3.63, 3.8) is 0 Å². The molecular weight excluding hydrogens is 323 g/mol. The van der Waals surface area contributed by atoms with Crippen molar-refractivity contribution in [2.75, 3.05) is 18.5 Å². The summed E-state index contributed by atoms with van der Waals surface area (Å²) in [7, 11) is 0. The quantitative estimate of drug-likeness (QED) is 0.639. The number of carbonyl (C=O) groups is 1. The largest absolute Gasteiger partial charge is 0.418 e. The molecule has 5 nitrogen and oxygen atoms in total. The minimum Gasteiger partial charge on any atom is -0.387 e. The van der Waals surface area contributed by atoms with Crippen molar-refractivity contribution in [3.8, 4) is 6.07 Å². The van der Waals surface area contributed by atoms with Crippen molar-refractivity contribution in [2.45, 2.75) is 25.1 Å². The van der Waals surface area contributed by atoms with Crippen LogP contribution in [0.15, 0.2) is 36.0 Å². The van der Waals surface area contributed by atoms with Gasteiger partial charge in [0, 0.05) is 19.4 Å². The van der Waals surface area contributed by atoms with E-state index >= 15 is 0 Å². The molecule has 1 amide bonds. The molecule has 1 aliphatic rings. The van der Waals surface area contributed by atoms with Crippen molar-refractivity contribution < 1.29 is 22.7 Å². The molecule has 0 spiro atoms. The van der Waals surface area contributed by atoms with Crippen LogP contribution >= 0.6 is 0 Å². The molecule has 2 rings (SSSR count). The molecule has 1 heterocycles. The summed E-state index contributed by atoms with van der Waals surface area (Å²) >= 11 is 0. The number of anilines is 1. The Kier molecular flexibility index (Phi) is 5.82. The van der Waals surface area contributed by atoms with Gasteiger partial charge in [-0.2, -0.15) is 18.4 Å². The number of rotatable bonds is 5. The van der Waals surface area contributed by atoms with Crippen LogP contribution in [0.2, 0.25) is 0 Å². The van der Waals surface area contributed by atoms with E-state index in [1.807, 2.05) is 0 Å². The third-order valence-electron chi connectivity index (χ3n) is 3.46. The predicted octanol–water partition coefficient (Wildman–Crippen LogP) is 2.82. The van der Waals surface area contributed by atoms with Crippen LogP contribution in [0.5, 0.6) is 0 Å². The van der Waals surface area contributed by atoms with Gasteiger partial charge in [-0.15, -0.1) is 0 Å². The van der Waals surface area contributed by atoms with E-state index < -0.39 is 23.3 Å². The summed E-state index contributed by atoms with van der Waals surface area (Å²) in [6.07, 6.45) is -1.56. The van der Waals surface area contributed by atoms with E-state index in [0.717, 1.165) is 25.0 Å². The molecule has 0 saturated carbocycles. The molecule has 1 unspecified atom stereocenters. The zero-order valence-electron chi connectivity index (χ0n) is 12.7. The molecule has 0 aromatic heterocycles. The molecule has 1 aromatic carbocycles. The number of hydrogen-bond acceptors (Lipinski definition) is 4. The van der Waals surface area contributed by atoms with Gasteiger partial charge in [-0.05, 0) is 25.0 Å². The average Bonchev–Trinajstić information content (AvgIpc) is 3.04. The molecule has 0 bridgehead atoms. The number of amides is 1. The Hall–Kier alpha value is -2.53. The van der Waals surface area contributed by atoms with Crippen molar-refractivity contribution in [2.24, 2.45) is 0 Å². The Labute approximate surface area is 137 Å². The maximum absolute atomic E-state index is 12.9. The molecule has 2 N–H and O–H groups in total. The normalized spacial score (nSPS) is 18.1. The van der Waals surface area contributed by atoms with E-state index in [1.54, 1.807) is 6.07 Å². The van der Waals surface area contributed by atoms with Crippen LogP contribution in [-0.4, -0.2) is 25.2 Å². The standard InChI is InChI=1S/C16H16F3N3O2/c17-16(18,19)13-5-1-2-6-14(13)22-15(23)11(8-20)9-21-10-12-4-3-7-24-12/h1-2,5-6,9,12,21H,3-4,7,10H2,(H,22,23)/b11-9-. The minimum atomic E-state index is -4.60. The number of benzene rings is 1. The highest BCUT2D eigenvalue weighted by Gasteiger charge is 2.33. The van der Waals surface area contributed by atoms with E-state index in [2.05, 4.69) is 10.6 Å². The fraction of sp³-hybridized carbons (Fsp3) is 0.375. The van der Waals surface area contributed by atoms with Crippen molar-refractivity contribution in [1.82, 2.24) is 5.32 Å². The van der Waals surface area contributed by atoms with E-state index in [0.29, 0.717) is 13.2 Å². The number of nitrogens with zero attached hydrogens (tertiary/aromatic N) is 1. The number of para-hydroxylation sites is 1. The molecule has 1 saturated heterocycles. The molecule has 0 radical (unpaired) electrons. The summed E-state index contributed by atoms with van der Waals surface area (Å²) in [5, 5.41) is 13.9. The Balaban J connectivity index is 2.03. The van der Waals surface area contributed by atoms with Gasteiger partial charge >= 0.3 is 6.18 Å². The zero-order chi connectivity index (χ0) is 17.6. The van der Waals surface area contributed by atoms with Crippen LogP contribution in [-0.2, 0) is 15.7 Å². The van der Waals surface area contributed by atoms with Gasteiger partial charge in [0.25, 0.3) is 5.91 Å². The number of nitrogens with one attached hydrogen (secondary N) is 2. The monoisotopic (exact) mass is 339 g/mol. The summed E-state index contributed by atoms with van der Waals surface area (Å²) in [5.74, 6) is -0.908. The van der Waals surface area contributed by atoms with Gasteiger partial charge < -0.3 is 15.4 Å². The van der Waals surface area contributed by atoms with Gasteiger partial charge in [0.15, 0.2) is 0 Å². The van der Waals surface area contributed by atoms with E-state index in [-0.39, 0.29) is 11.7 Å². The zero-order valence-corrected chi connectivity index (χ0v) is 12.7. The van der Waals surface area contributed by atoms with Gasteiger partial charge in [-0.3, -0.25) is 4.79 Å². The lowest BCUT2D eigenvalue weighted by atomic mass is 10.1. The molecule has 1 aliphatic heterocycles. The van der Waals surface area contributed by atoms with Gasteiger partial charge in [-0.25, -0.2) is 0 Å². The first-order valence-electron chi connectivity index (χ1n) is 7.34. The minimum absolute atomic E-state index is 0.00945. The van der Waals surface area contributed by atoms with Crippen LogP contribution in [0.25, 0.3) is 0 Å². The number of halogens is 3. The smallest absolute Gasteiger partial charge is 0.387 e. The Morgan fingerprint density at radius 1 is 1.42 bits per heavy atom. The van der Waals surface area contributed by atoms with Gasteiger partial charge in [0.2, 0.25) is 0 Å². The fourth-order valence-electron chi connectivity index (χ4n) is 2.28. The predicted molar refractivity (Wildman–Crippen MR) is 80.7 cm³/mol. The Bertz CT molecular complexity index is 659. The van der Waals surface area contributed by atoms with Gasteiger partial charge in [0.1, 0.15) is 11.6 Å². The summed E-state index contributed by atoms with van der Waals surface area (Å²) in [6, 6.07) is 6.26. The first-order valence-corrected chi connectivity index (χ1v) is 7.34. The molecule has 8 heteroatoms. The topological polar surface area (TPSA) is 74.1 Å². The second-order valence-corrected chi connectivity index (χ2v) is 5.21. The first kappa shape index (κ1) is 17.8. The second-order valence-electron chi connectivity index (χ2n) is 5.21. The summed E-state index contributed by atoms with van der Waals surface area (Å²) < 4.78 is 44.1. The second kappa shape index (κ2) is 7.84. The van der Waals surface area contributed by atoms with Crippen LogP contribution in [0.3, 0.4) is 0 Å². The molecule has 0 aliphatic carbocycles. The lowest BCUT2D eigenvalue weighted by Crippen LogP contribution is -2.24. The van der Waals surface area contributed by atoms with Gasteiger partial charge in [0.05, 0.1) is 17.4 Å². The van der Waals surface area contributed by atoms with Crippen LogP contribution in [0.1, 0.15) is 18.4 Å². The molecule has 1 atom stereocenters. The highest BCUT2D eigenvalue weighted by molar-refractivity contribution is 6.06. The molecule has 1 fully saturated rings. The first-order chi connectivity index (χ1) is 11.4. The molecule has 1 aromatic rings. The van der Waals surface area contributed by atoms with Crippen molar-refractivity contribution in [3.05, 3.63) is 41.6 Å². The van der Waals surface area contributed by atoms with Crippen molar-refractivity contribution in [1.29, 1.82) is 5.26 Å². The van der Waals surface area contributed by atoms with Crippen LogP contribution in [0, 0.1) is 11.3 Å². The number of ether oxygens (including phenoxy) is 1. The number of alkyl halides is 3. The third kappa shape index (κ3) is 4.73. The number of nitriles is 1.